The molecule has 0 aliphatic carbocycles. The smallest absolute Gasteiger partial charge is 0.480 e. The minimum absolute atomic E-state index is 0.277. The van der Waals surface area contributed by atoms with Crippen molar-refractivity contribution in [3.8, 4) is 5.75 Å². The number of nitrogens with one attached hydrogen (secondary N) is 1. The molecule has 0 heterocycles. The molecule has 0 aliphatic heterocycles. The molecule has 0 fully saturated rings. The summed E-state index contributed by atoms with van der Waals surface area (Å²) in [5, 5.41) is 11.4. The van der Waals surface area contributed by atoms with Gasteiger partial charge in [-0.3, -0.25) is 14.5 Å². The maximum Gasteiger partial charge on any atom is 0.573 e. The zero-order valence-electron chi connectivity index (χ0n) is 13.3. The molecule has 1 aromatic carbocycles. The lowest BCUT2D eigenvalue weighted by atomic mass is 10.2. The van der Waals surface area contributed by atoms with Crippen molar-refractivity contribution >= 4 is 17.6 Å². The van der Waals surface area contributed by atoms with Gasteiger partial charge in [0.05, 0.1) is 12.6 Å². The second kappa shape index (κ2) is 8.53. The van der Waals surface area contributed by atoms with Gasteiger partial charge in [-0.15, -0.1) is 13.2 Å². The monoisotopic (exact) mass is 348 g/mol. The summed E-state index contributed by atoms with van der Waals surface area (Å²) in [7, 11) is 0. The van der Waals surface area contributed by atoms with Gasteiger partial charge in [0.1, 0.15) is 5.75 Å². The van der Waals surface area contributed by atoms with E-state index in [4.69, 9.17) is 5.11 Å². The van der Waals surface area contributed by atoms with Crippen LogP contribution in [0, 0.1) is 0 Å². The van der Waals surface area contributed by atoms with Gasteiger partial charge >= 0.3 is 12.3 Å². The molecule has 0 aromatic heterocycles. The Balaban J connectivity index is 2.70. The lowest BCUT2D eigenvalue weighted by molar-refractivity contribution is -0.274. The summed E-state index contributed by atoms with van der Waals surface area (Å²) >= 11 is 0. The van der Waals surface area contributed by atoms with Gasteiger partial charge in [-0.2, -0.15) is 0 Å². The van der Waals surface area contributed by atoms with E-state index >= 15 is 0 Å². The Morgan fingerprint density at radius 3 is 2.33 bits per heavy atom. The van der Waals surface area contributed by atoms with Crippen LogP contribution in [0.1, 0.15) is 20.3 Å². The third kappa shape index (κ3) is 6.86. The van der Waals surface area contributed by atoms with Crippen LogP contribution in [-0.2, 0) is 9.59 Å². The van der Waals surface area contributed by atoms with E-state index in [0.29, 0.717) is 13.0 Å². The fourth-order valence-corrected chi connectivity index (χ4v) is 2.02. The molecule has 1 atom stereocenters. The molecule has 0 bridgehead atoms. The van der Waals surface area contributed by atoms with Crippen LogP contribution >= 0.6 is 0 Å². The van der Waals surface area contributed by atoms with Crippen molar-refractivity contribution in [2.24, 2.45) is 0 Å². The molecule has 0 saturated carbocycles. The number of anilines is 1. The highest BCUT2D eigenvalue weighted by Crippen LogP contribution is 2.24. The predicted octanol–water partition coefficient (Wildman–Crippen LogP) is 2.71. The normalized spacial score (nSPS) is 12.8. The van der Waals surface area contributed by atoms with Gasteiger partial charge in [0.15, 0.2) is 0 Å². The quantitative estimate of drug-likeness (QED) is 0.755. The highest BCUT2D eigenvalue weighted by atomic mass is 19.4. The summed E-state index contributed by atoms with van der Waals surface area (Å²) in [5.74, 6) is -1.89. The number of carbonyl (C=O) groups is 2. The number of ether oxygens (including phenoxy) is 1. The number of carbonyl (C=O) groups excluding carboxylic acids is 1. The number of benzene rings is 1. The molecular weight excluding hydrogens is 329 g/mol. The summed E-state index contributed by atoms with van der Waals surface area (Å²) in [6.07, 6.45) is -4.11. The summed E-state index contributed by atoms with van der Waals surface area (Å²) in [5.41, 5.74) is 0.285. The molecule has 134 valence electrons. The number of hydrogen-bond donors (Lipinski definition) is 2. The van der Waals surface area contributed by atoms with E-state index in [2.05, 4.69) is 10.1 Å². The highest BCUT2D eigenvalue weighted by molar-refractivity contribution is 5.94. The van der Waals surface area contributed by atoms with E-state index in [0.717, 1.165) is 12.1 Å². The number of hydrogen-bond acceptors (Lipinski definition) is 4. The number of aliphatic carboxylic acids is 1. The minimum atomic E-state index is -4.78. The number of halogens is 3. The van der Waals surface area contributed by atoms with Crippen LogP contribution < -0.4 is 10.1 Å². The lowest BCUT2D eigenvalue weighted by Gasteiger charge is -2.26. The standard InChI is InChI=1S/C15H19F3N2O4/c1-3-8-20(9-13(21)22)10(2)14(23)19-11-4-6-12(7-5-11)24-15(16,17)18/h4-7,10H,3,8-9H2,1-2H3,(H,19,23)(H,21,22). The fourth-order valence-electron chi connectivity index (χ4n) is 2.02. The topological polar surface area (TPSA) is 78.9 Å². The highest BCUT2D eigenvalue weighted by Gasteiger charge is 2.31. The molecular formula is C15H19F3N2O4. The van der Waals surface area contributed by atoms with Crippen LogP contribution in [0.15, 0.2) is 24.3 Å². The van der Waals surface area contributed by atoms with Crippen LogP contribution in [0.2, 0.25) is 0 Å². The Labute approximate surface area is 137 Å². The van der Waals surface area contributed by atoms with Crippen LogP contribution in [0.5, 0.6) is 5.75 Å². The lowest BCUT2D eigenvalue weighted by Crippen LogP contribution is -2.44. The second-order valence-electron chi connectivity index (χ2n) is 5.10. The summed E-state index contributed by atoms with van der Waals surface area (Å²) in [6, 6.07) is 4.00. The SMILES string of the molecule is CCCN(CC(=O)O)C(C)C(=O)Nc1ccc(OC(F)(F)F)cc1. The van der Waals surface area contributed by atoms with Gasteiger partial charge in [-0.25, -0.2) is 0 Å². The first-order valence-electron chi connectivity index (χ1n) is 7.25. The number of nitrogens with zero attached hydrogens (tertiary/aromatic N) is 1. The average Bonchev–Trinajstić information content (AvgIpc) is 2.46. The van der Waals surface area contributed by atoms with Crippen molar-refractivity contribution in [1.29, 1.82) is 0 Å². The van der Waals surface area contributed by atoms with Crippen molar-refractivity contribution in [1.82, 2.24) is 4.90 Å². The fraction of sp³-hybridized carbons (Fsp3) is 0.467. The van der Waals surface area contributed by atoms with Crippen LogP contribution in [-0.4, -0.2) is 47.4 Å². The van der Waals surface area contributed by atoms with Crippen molar-refractivity contribution in [2.45, 2.75) is 32.7 Å². The van der Waals surface area contributed by atoms with Crippen molar-refractivity contribution in [2.75, 3.05) is 18.4 Å². The molecule has 0 saturated heterocycles. The number of carboxylic acid groups (broad SMARTS) is 1. The first-order chi connectivity index (χ1) is 11.1. The van der Waals surface area contributed by atoms with E-state index in [1.165, 1.54) is 17.0 Å². The number of rotatable bonds is 8. The summed E-state index contributed by atoms with van der Waals surface area (Å²) in [6.45, 7) is 3.58. The Kier molecular flexibility index (Phi) is 7.02. The predicted molar refractivity (Wildman–Crippen MR) is 80.7 cm³/mol. The van der Waals surface area contributed by atoms with Crippen molar-refractivity contribution < 1.29 is 32.6 Å². The molecule has 0 aliphatic rings. The first-order valence-corrected chi connectivity index (χ1v) is 7.25. The molecule has 9 heteroatoms. The largest absolute Gasteiger partial charge is 0.573 e. The van der Waals surface area contributed by atoms with Gasteiger partial charge < -0.3 is 15.2 Å². The molecule has 2 N–H and O–H groups in total. The minimum Gasteiger partial charge on any atom is -0.480 e. The third-order valence-corrected chi connectivity index (χ3v) is 3.13. The van der Waals surface area contributed by atoms with E-state index in [-0.39, 0.29) is 12.2 Å². The number of amides is 1. The van der Waals surface area contributed by atoms with Crippen molar-refractivity contribution in [3.63, 3.8) is 0 Å². The van der Waals surface area contributed by atoms with Crippen LogP contribution in [0.25, 0.3) is 0 Å². The Morgan fingerprint density at radius 2 is 1.88 bits per heavy atom. The van der Waals surface area contributed by atoms with E-state index in [1.807, 2.05) is 6.92 Å². The Bertz CT molecular complexity index is 561. The number of carboxylic acids is 1. The Hall–Kier alpha value is -2.29. The molecule has 1 unspecified atom stereocenters. The van der Waals surface area contributed by atoms with E-state index < -0.39 is 30.0 Å². The van der Waals surface area contributed by atoms with Gasteiger partial charge in [0, 0.05) is 5.69 Å². The van der Waals surface area contributed by atoms with Crippen molar-refractivity contribution in [3.05, 3.63) is 24.3 Å². The molecule has 1 amide bonds. The maximum atomic E-state index is 12.2. The van der Waals surface area contributed by atoms with E-state index in [9.17, 15) is 22.8 Å². The van der Waals surface area contributed by atoms with Gasteiger partial charge in [0.25, 0.3) is 0 Å². The zero-order chi connectivity index (χ0) is 18.3. The molecule has 0 spiro atoms. The molecule has 24 heavy (non-hydrogen) atoms. The van der Waals surface area contributed by atoms with E-state index in [1.54, 1.807) is 6.92 Å². The molecule has 0 radical (unpaired) electrons. The second-order valence-corrected chi connectivity index (χ2v) is 5.10. The summed E-state index contributed by atoms with van der Waals surface area (Å²) in [4.78, 5) is 24.5. The third-order valence-electron chi connectivity index (χ3n) is 3.13. The number of alkyl halides is 3. The zero-order valence-corrected chi connectivity index (χ0v) is 13.3. The van der Waals surface area contributed by atoms with Crippen LogP contribution in [0.3, 0.4) is 0 Å². The maximum absolute atomic E-state index is 12.2. The average molecular weight is 348 g/mol. The molecule has 6 nitrogen and oxygen atoms in total. The van der Waals surface area contributed by atoms with Gasteiger partial charge in [-0.05, 0) is 44.2 Å². The summed E-state index contributed by atoms with van der Waals surface area (Å²) < 4.78 is 40.0. The van der Waals surface area contributed by atoms with Crippen LogP contribution in [0.4, 0.5) is 18.9 Å². The van der Waals surface area contributed by atoms with Gasteiger partial charge in [0.2, 0.25) is 5.91 Å². The molecule has 1 rings (SSSR count). The molecule has 1 aromatic rings. The first kappa shape index (κ1) is 19.8. The Morgan fingerprint density at radius 1 is 1.29 bits per heavy atom. The van der Waals surface area contributed by atoms with Gasteiger partial charge in [-0.1, -0.05) is 6.92 Å².